The Kier molecular flexibility index (Phi) is 39.3. The number of nitrogens with zero attached hydrogens (tertiary/aromatic N) is 5. The average Bonchev–Trinajstić information content (AvgIpc) is 1.43. The Morgan fingerprint density at radius 3 is 1.39 bits per heavy atom. The van der Waals surface area contributed by atoms with Crippen LogP contribution in [-0.2, 0) is 81.6 Å². The summed E-state index contributed by atoms with van der Waals surface area (Å²) in [6, 6.07) is -5.99. The van der Waals surface area contributed by atoms with Crippen LogP contribution < -0.4 is 105 Å². The molecule has 15 atom stereocenters. The average molecular weight is 1600 g/mol. The number of H-pyrrole nitrogens is 1. The van der Waals surface area contributed by atoms with Gasteiger partial charge in [-0.15, -0.1) is 0 Å². The van der Waals surface area contributed by atoms with Crippen molar-refractivity contribution in [1.29, 1.82) is 0 Å². The number of aliphatic imine (C=N–C) groups is 3. The van der Waals surface area contributed by atoms with Gasteiger partial charge in [-0.05, 0) is 118 Å². The number of aromatic nitrogens is 2. The van der Waals surface area contributed by atoms with E-state index in [0.717, 1.165) is 0 Å². The third-order valence-corrected chi connectivity index (χ3v) is 19.0. The van der Waals surface area contributed by atoms with Crippen LogP contribution in [0.5, 0.6) is 11.5 Å². The lowest BCUT2D eigenvalue weighted by atomic mass is 9.95. The van der Waals surface area contributed by atoms with E-state index in [-0.39, 0.29) is 145 Å². The number of nitrogens with two attached hydrogens (primary N) is 9. The number of aliphatic hydroxyl groups is 1. The summed E-state index contributed by atoms with van der Waals surface area (Å²) in [5.41, 5.74) is 52.1. The van der Waals surface area contributed by atoms with Crippen molar-refractivity contribution in [3.8, 4) is 11.5 Å². The molecule has 32 N–H and O–H groups in total. The summed E-state index contributed by atoms with van der Waals surface area (Å²) in [5, 5.41) is 57.3. The number of aliphatic hydroxyl groups excluding tert-OH is 1. The number of nitrogens with one attached hydrogen (secondary N) is 11. The van der Waals surface area contributed by atoms with Crippen molar-refractivity contribution >= 4 is 94.7 Å². The first-order chi connectivity index (χ1) is 53.8. The number of carbonyl (C=O) groups excluding carboxylic acids is 13. The molecule has 41 nitrogen and oxygen atoms in total. The summed E-state index contributed by atoms with van der Waals surface area (Å²) in [6.45, 7) is 11.4. The van der Waals surface area contributed by atoms with Crippen LogP contribution in [0.15, 0.2) is 76.0 Å². The van der Waals surface area contributed by atoms with E-state index in [0.29, 0.717) is 23.2 Å². The van der Waals surface area contributed by atoms with Crippen LogP contribution in [0.2, 0.25) is 0 Å². The van der Waals surface area contributed by atoms with Crippen LogP contribution in [0.4, 0.5) is 0 Å². The third kappa shape index (κ3) is 32.4. The Balaban J connectivity index is 1.59. The van der Waals surface area contributed by atoms with Crippen LogP contribution in [-0.4, -0.2) is 230 Å². The number of imidazole rings is 1. The van der Waals surface area contributed by atoms with E-state index in [1.165, 1.54) is 72.9 Å². The van der Waals surface area contributed by atoms with Crippen LogP contribution >= 0.6 is 0 Å². The molecule has 2 heterocycles. The minimum Gasteiger partial charge on any atom is -0.508 e. The fourth-order valence-corrected chi connectivity index (χ4v) is 12.2. The highest BCUT2D eigenvalue weighted by atomic mass is 16.3. The maximum atomic E-state index is 14.8. The zero-order valence-electron chi connectivity index (χ0n) is 65.5. The van der Waals surface area contributed by atoms with Crippen molar-refractivity contribution in [3.05, 3.63) is 77.9 Å². The highest BCUT2D eigenvalue weighted by Gasteiger charge is 2.42. The third-order valence-electron chi connectivity index (χ3n) is 19.0. The molecule has 1 aliphatic heterocycles. The number of likely N-dealkylation sites (tertiary alicyclic amines) is 1. The smallest absolute Gasteiger partial charge is 0.245 e. The molecule has 1 fully saturated rings. The lowest BCUT2D eigenvalue weighted by Gasteiger charge is -2.32. The molecule has 2 aromatic carbocycles. The van der Waals surface area contributed by atoms with E-state index in [4.69, 9.17) is 51.6 Å². The van der Waals surface area contributed by atoms with Crippen molar-refractivity contribution in [3.63, 3.8) is 0 Å². The highest BCUT2D eigenvalue weighted by molar-refractivity contribution is 6.01. The van der Waals surface area contributed by atoms with E-state index in [9.17, 15) is 77.6 Å². The van der Waals surface area contributed by atoms with Crippen molar-refractivity contribution in [2.75, 3.05) is 26.2 Å². The fraction of sp³-hybridized carbons (Fsp3) is 0.575. The number of hydrogen-bond donors (Lipinski definition) is 23. The molecule has 1 aromatic heterocycles. The van der Waals surface area contributed by atoms with E-state index in [2.05, 4.69) is 78.1 Å². The van der Waals surface area contributed by atoms with Gasteiger partial charge in [-0.1, -0.05) is 78.6 Å². The lowest BCUT2D eigenvalue weighted by molar-refractivity contribution is -0.143. The van der Waals surface area contributed by atoms with Crippen molar-refractivity contribution < 1.29 is 77.6 Å². The van der Waals surface area contributed by atoms with Gasteiger partial charge in [0.25, 0.3) is 0 Å². The molecule has 3 aromatic rings. The standard InChI is InChI=1S/C73H117N25O16/c1-8-38(5)56(95-65(109)51(32-42-20-24-45(101)25-21-42)93-62(106)52(33-43-35-83-36-87-43)91-60(104)46(74)14-10-26-84-71(77)78)67(111)94-53(34-55(75)102)63(107)92-50(30-37(3)4)64(108)96-57(39(6)9-2)68(112)97-58(40(7)99)69(113)89-48(16-12-28-86-73(81)82)70(114)98-29-13-17-54(98)66(110)88-47(15-11-27-85-72(79)80)61(105)90-49(59(76)103)31-41-18-22-44(100)23-19-41/h18-25,35-40,46-54,56-58,99-101H,8-17,26-34,74H2,1-7H3,(H2,75,102)(H2,76,103)(H,83,87)(H,88,110)(H,89,113)(H,90,105)(H,91,104)(H,92,107)(H,93,106)(H,94,111)(H,95,109)(H,96,108)(H,97,112)(H4,77,78,84)(H4,79,80,85)(H4,81,82,86)/t38-,39-,40+,46-,47-,48-,49-,50-,51-,52-,53-,54-,56-,57-,58-/m0/s1. The second-order valence-electron chi connectivity index (χ2n) is 28.8. The molecule has 41 heteroatoms. The maximum Gasteiger partial charge on any atom is 0.245 e. The monoisotopic (exact) mass is 1600 g/mol. The summed E-state index contributed by atoms with van der Waals surface area (Å²) in [4.78, 5) is 204. The Labute approximate surface area is 661 Å². The molecule has 4 rings (SSSR count). The van der Waals surface area contributed by atoms with Gasteiger partial charge in [-0.25, -0.2) is 4.98 Å². The Morgan fingerprint density at radius 2 is 0.912 bits per heavy atom. The van der Waals surface area contributed by atoms with Gasteiger partial charge in [0.1, 0.15) is 78.0 Å². The molecule has 0 unspecified atom stereocenters. The number of hydrogen-bond acceptors (Lipinski definition) is 21. The summed E-state index contributed by atoms with van der Waals surface area (Å²) in [5.74, 6) is -14.7. The van der Waals surface area contributed by atoms with Gasteiger partial charge in [0.2, 0.25) is 76.8 Å². The van der Waals surface area contributed by atoms with Crippen LogP contribution in [0.1, 0.15) is 142 Å². The molecule has 0 aliphatic carbocycles. The molecule has 0 saturated carbocycles. The van der Waals surface area contributed by atoms with Crippen molar-refractivity contribution in [2.45, 2.75) is 223 Å². The summed E-state index contributed by atoms with van der Waals surface area (Å²) in [7, 11) is 0. The number of aromatic hydroxyl groups is 2. The van der Waals surface area contributed by atoms with Crippen molar-refractivity contribution in [1.82, 2.24) is 68.0 Å². The SMILES string of the molecule is CC[C@H](C)[C@H](NC(=O)[C@H](Cc1ccc(O)cc1)NC(=O)[C@H](Cc1cnc[nH]1)NC(=O)[C@@H](N)CCCN=C(N)N)C(=O)N[C@@H](CC(N)=O)C(=O)N[C@@H](CC(C)C)C(=O)N[C@H](C(=O)N[C@H](C(=O)N[C@@H](CCCN=C(N)N)C(=O)N1CCC[C@H]1C(=O)N[C@@H](CCCN=C(N)N)C(=O)N[C@@H](Cc1ccc(O)cc1)C(N)=O)[C@@H](C)O)[C@@H](C)CC. The highest BCUT2D eigenvalue weighted by Crippen LogP contribution is 2.23. The molecule has 0 radical (unpaired) electrons. The van der Waals surface area contributed by atoms with E-state index >= 15 is 0 Å². The predicted octanol–water partition coefficient (Wildman–Crippen LogP) is -5.94. The van der Waals surface area contributed by atoms with Crippen LogP contribution in [0.3, 0.4) is 0 Å². The predicted molar refractivity (Wildman–Crippen MR) is 421 cm³/mol. The summed E-state index contributed by atoms with van der Waals surface area (Å²) in [6.07, 6.45) is 0.880. The normalized spacial score (nSPS) is 16.2. The number of aromatic amines is 1. The number of phenolic OH excluding ortho intramolecular Hbond substituents is 2. The minimum absolute atomic E-state index is 0.0150. The largest absolute Gasteiger partial charge is 0.508 e. The molecule has 13 amide bonds. The minimum atomic E-state index is -1.84. The van der Waals surface area contributed by atoms with Gasteiger partial charge >= 0.3 is 0 Å². The summed E-state index contributed by atoms with van der Waals surface area (Å²) >= 11 is 0. The lowest BCUT2D eigenvalue weighted by Crippen LogP contribution is -2.63. The summed E-state index contributed by atoms with van der Waals surface area (Å²) < 4.78 is 0. The van der Waals surface area contributed by atoms with Gasteiger partial charge in [0, 0.05) is 57.3 Å². The second kappa shape index (κ2) is 47.5. The quantitative estimate of drug-likeness (QED) is 0.0142. The molecule has 1 aliphatic rings. The second-order valence-corrected chi connectivity index (χ2v) is 28.8. The van der Waals surface area contributed by atoms with Crippen LogP contribution in [0, 0.1) is 17.8 Å². The molecule has 0 bridgehead atoms. The van der Waals surface area contributed by atoms with Gasteiger partial charge < -0.3 is 130 Å². The zero-order chi connectivity index (χ0) is 85.1. The van der Waals surface area contributed by atoms with Gasteiger partial charge in [-0.2, -0.15) is 0 Å². The molecule has 630 valence electrons. The molecular formula is C73H117N25O16. The number of amides is 13. The molecule has 114 heavy (non-hydrogen) atoms. The molecular weight excluding hydrogens is 1480 g/mol. The van der Waals surface area contributed by atoms with E-state index in [1.807, 2.05) is 0 Å². The first-order valence-electron chi connectivity index (χ1n) is 37.9. The number of rotatable bonds is 49. The molecule has 0 spiro atoms. The Bertz CT molecular complexity index is 3790. The molecule has 1 saturated heterocycles. The van der Waals surface area contributed by atoms with Gasteiger partial charge in [-0.3, -0.25) is 77.3 Å². The number of primary amides is 2. The Hall–Kier alpha value is -11.9. The van der Waals surface area contributed by atoms with E-state index in [1.54, 1.807) is 41.5 Å². The Morgan fingerprint density at radius 1 is 0.500 bits per heavy atom. The number of guanidine groups is 3. The van der Waals surface area contributed by atoms with Crippen LogP contribution in [0.25, 0.3) is 0 Å². The van der Waals surface area contributed by atoms with Gasteiger partial charge in [0.15, 0.2) is 17.9 Å². The number of benzene rings is 2. The topological polar surface area (TPSA) is 706 Å². The van der Waals surface area contributed by atoms with Crippen molar-refractivity contribution in [2.24, 2.45) is 84.3 Å². The fourth-order valence-electron chi connectivity index (χ4n) is 12.2. The maximum absolute atomic E-state index is 14.8. The first-order valence-corrected chi connectivity index (χ1v) is 37.9. The number of carbonyl (C=O) groups is 13. The van der Waals surface area contributed by atoms with E-state index < -0.39 is 174 Å². The zero-order valence-corrected chi connectivity index (χ0v) is 65.5. The van der Waals surface area contributed by atoms with Gasteiger partial charge in [0.05, 0.1) is 24.9 Å². The first kappa shape index (κ1) is 94.5. The number of phenols is 2.